The molecule has 0 atom stereocenters. The Morgan fingerprint density at radius 2 is 1.67 bits per heavy atom. The number of hydrogen-bond donors (Lipinski definition) is 1. The minimum Gasteiger partial charge on any atom is -0.354 e. The van der Waals surface area contributed by atoms with Gasteiger partial charge in [0, 0.05) is 19.6 Å². The molecule has 1 aromatic heterocycles. The van der Waals surface area contributed by atoms with Crippen LogP contribution in [0, 0.1) is 0 Å². The number of halogens is 1. The van der Waals surface area contributed by atoms with Crippen molar-refractivity contribution in [1.29, 1.82) is 0 Å². The molecule has 0 unspecified atom stereocenters. The third kappa shape index (κ3) is 4.64. The molecule has 1 rings (SSSR count). The van der Waals surface area contributed by atoms with Gasteiger partial charge in [0.2, 0.25) is 17.2 Å². The predicted octanol–water partition coefficient (Wildman–Crippen LogP) is 2.97. The lowest BCUT2D eigenvalue weighted by Gasteiger charge is -2.21. The Kier molecular flexibility index (Phi) is 6.72. The summed E-state index contributed by atoms with van der Waals surface area (Å²) in [4.78, 5) is 14.8. The molecule has 1 aromatic rings. The molecule has 18 heavy (non-hydrogen) atoms. The van der Waals surface area contributed by atoms with Gasteiger partial charge in [0.25, 0.3) is 0 Å². The molecule has 0 amide bonds. The van der Waals surface area contributed by atoms with E-state index in [9.17, 15) is 0 Å². The Bertz CT molecular complexity index is 352. The quantitative estimate of drug-likeness (QED) is 0.788. The SMILES string of the molecule is CCCNc1nc(Cl)nc(N(CCC)CCC)n1. The van der Waals surface area contributed by atoms with Gasteiger partial charge in [0.05, 0.1) is 0 Å². The summed E-state index contributed by atoms with van der Waals surface area (Å²) in [6.07, 6.45) is 3.13. The highest BCUT2D eigenvalue weighted by Crippen LogP contribution is 2.14. The highest BCUT2D eigenvalue weighted by atomic mass is 35.5. The molecule has 0 saturated heterocycles. The molecule has 0 aliphatic carbocycles. The number of hydrogen-bond acceptors (Lipinski definition) is 5. The Hall–Kier alpha value is -1.10. The number of aromatic nitrogens is 3. The first kappa shape index (κ1) is 15.0. The van der Waals surface area contributed by atoms with Crippen molar-refractivity contribution >= 4 is 23.5 Å². The summed E-state index contributed by atoms with van der Waals surface area (Å²) in [6.45, 7) is 9.07. The van der Waals surface area contributed by atoms with Crippen molar-refractivity contribution in [2.24, 2.45) is 0 Å². The van der Waals surface area contributed by atoms with E-state index < -0.39 is 0 Å². The maximum Gasteiger partial charge on any atom is 0.231 e. The van der Waals surface area contributed by atoms with Gasteiger partial charge >= 0.3 is 0 Å². The number of nitrogens with one attached hydrogen (secondary N) is 1. The van der Waals surface area contributed by atoms with Crippen LogP contribution in [-0.4, -0.2) is 34.6 Å². The molecule has 0 saturated carbocycles. The largest absolute Gasteiger partial charge is 0.354 e. The molecular formula is C12H22ClN5. The average molecular weight is 272 g/mol. The predicted molar refractivity (Wildman–Crippen MR) is 76.4 cm³/mol. The molecular weight excluding hydrogens is 250 g/mol. The summed E-state index contributed by atoms with van der Waals surface area (Å²) in [5.41, 5.74) is 0. The van der Waals surface area contributed by atoms with Crippen molar-refractivity contribution in [3.05, 3.63) is 5.28 Å². The number of anilines is 2. The molecule has 1 heterocycles. The minimum absolute atomic E-state index is 0.246. The molecule has 6 heteroatoms. The maximum absolute atomic E-state index is 5.94. The normalized spacial score (nSPS) is 10.4. The monoisotopic (exact) mass is 271 g/mol. The third-order valence-corrected chi connectivity index (χ3v) is 2.57. The van der Waals surface area contributed by atoms with Crippen LogP contribution in [0.3, 0.4) is 0 Å². The zero-order valence-corrected chi connectivity index (χ0v) is 12.2. The van der Waals surface area contributed by atoms with Crippen LogP contribution in [0.25, 0.3) is 0 Å². The summed E-state index contributed by atoms with van der Waals surface area (Å²) >= 11 is 5.94. The summed E-state index contributed by atoms with van der Waals surface area (Å²) < 4.78 is 0. The van der Waals surface area contributed by atoms with E-state index in [2.05, 4.69) is 45.9 Å². The lowest BCUT2D eigenvalue weighted by molar-refractivity contribution is 0.717. The zero-order chi connectivity index (χ0) is 13.4. The van der Waals surface area contributed by atoms with Crippen LogP contribution in [0.1, 0.15) is 40.0 Å². The molecule has 0 aliphatic rings. The third-order valence-electron chi connectivity index (χ3n) is 2.40. The van der Waals surface area contributed by atoms with Crippen LogP contribution in [0.5, 0.6) is 0 Å². The first-order chi connectivity index (χ1) is 8.71. The maximum atomic E-state index is 5.94. The summed E-state index contributed by atoms with van der Waals surface area (Å²) in [6, 6.07) is 0. The molecule has 5 nitrogen and oxygen atoms in total. The van der Waals surface area contributed by atoms with Gasteiger partial charge in [0.15, 0.2) is 0 Å². The average Bonchev–Trinajstić information content (AvgIpc) is 2.35. The van der Waals surface area contributed by atoms with Crippen LogP contribution in [-0.2, 0) is 0 Å². The van der Waals surface area contributed by atoms with Crippen molar-refractivity contribution in [2.45, 2.75) is 40.0 Å². The van der Waals surface area contributed by atoms with Gasteiger partial charge in [-0.05, 0) is 30.9 Å². The van der Waals surface area contributed by atoms with Gasteiger partial charge in [-0.15, -0.1) is 0 Å². The Morgan fingerprint density at radius 3 is 2.22 bits per heavy atom. The topological polar surface area (TPSA) is 53.9 Å². The molecule has 0 bridgehead atoms. The molecule has 0 aromatic carbocycles. The number of rotatable bonds is 8. The second-order valence-corrected chi connectivity index (χ2v) is 4.48. The van der Waals surface area contributed by atoms with Gasteiger partial charge in [-0.1, -0.05) is 20.8 Å². The van der Waals surface area contributed by atoms with E-state index in [0.717, 1.165) is 38.9 Å². The van der Waals surface area contributed by atoms with Gasteiger partial charge < -0.3 is 10.2 Å². The highest BCUT2D eigenvalue weighted by molar-refractivity contribution is 6.28. The van der Waals surface area contributed by atoms with E-state index in [4.69, 9.17) is 11.6 Å². The molecule has 1 N–H and O–H groups in total. The fourth-order valence-corrected chi connectivity index (χ4v) is 1.80. The van der Waals surface area contributed by atoms with Crippen LogP contribution in [0.4, 0.5) is 11.9 Å². The Morgan fingerprint density at radius 1 is 1.00 bits per heavy atom. The Balaban J connectivity index is 2.87. The molecule has 0 spiro atoms. The fourth-order valence-electron chi connectivity index (χ4n) is 1.65. The van der Waals surface area contributed by atoms with E-state index in [1.165, 1.54) is 0 Å². The summed E-state index contributed by atoms with van der Waals surface area (Å²) in [7, 11) is 0. The van der Waals surface area contributed by atoms with Crippen LogP contribution < -0.4 is 10.2 Å². The highest BCUT2D eigenvalue weighted by Gasteiger charge is 2.11. The van der Waals surface area contributed by atoms with Crippen LogP contribution in [0.2, 0.25) is 5.28 Å². The smallest absolute Gasteiger partial charge is 0.231 e. The van der Waals surface area contributed by atoms with Crippen LogP contribution >= 0.6 is 11.6 Å². The van der Waals surface area contributed by atoms with Crippen molar-refractivity contribution in [3.8, 4) is 0 Å². The van der Waals surface area contributed by atoms with Crippen molar-refractivity contribution in [1.82, 2.24) is 15.0 Å². The molecule has 0 fully saturated rings. The lowest BCUT2D eigenvalue weighted by Crippen LogP contribution is -2.27. The van der Waals surface area contributed by atoms with Gasteiger partial charge in [-0.2, -0.15) is 15.0 Å². The second-order valence-electron chi connectivity index (χ2n) is 4.14. The van der Waals surface area contributed by atoms with E-state index in [1.54, 1.807) is 0 Å². The molecule has 0 aliphatic heterocycles. The van der Waals surface area contributed by atoms with E-state index in [-0.39, 0.29) is 5.28 Å². The van der Waals surface area contributed by atoms with Crippen molar-refractivity contribution in [3.63, 3.8) is 0 Å². The van der Waals surface area contributed by atoms with Gasteiger partial charge in [-0.25, -0.2) is 0 Å². The summed E-state index contributed by atoms with van der Waals surface area (Å²) in [5.74, 6) is 1.22. The lowest BCUT2D eigenvalue weighted by atomic mass is 10.4. The van der Waals surface area contributed by atoms with Gasteiger partial charge in [-0.3, -0.25) is 0 Å². The van der Waals surface area contributed by atoms with E-state index >= 15 is 0 Å². The Labute approximate surface area is 114 Å². The fraction of sp³-hybridized carbons (Fsp3) is 0.750. The summed E-state index contributed by atoms with van der Waals surface area (Å²) in [5, 5.41) is 3.39. The molecule has 102 valence electrons. The van der Waals surface area contributed by atoms with Crippen molar-refractivity contribution < 1.29 is 0 Å². The zero-order valence-electron chi connectivity index (χ0n) is 11.4. The first-order valence-electron chi connectivity index (χ1n) is 6.61. The molecule has 0 radical (unpaired) electrons. The van der Waals surface area contributed by atoms with Crippen molar-refractivity contribution in [2.75, 3.05) is 29.9 Å². The first-order valence-corrected chi connectivity index (χ1v) is 6.99. The number of nitrogens with zero attached hydrogens (tertiary/aromatic N) is 4. The standard InChI is InChI=1S/C12H22ClN5/c1-4-7-14-11-15-10(13)16-12(17-11)18(8-5-2)9-6-3/h4-9H2,1-3H3,(H,14,15,16,17). The van der Waals surface area contributed by atoms with E-state index in [0.29, 0.717) is 11.9 Å². The second kappa shape index (κ2) is 8.08. The van der Waals surface area contributed by atoms with Gasteiger partial charge in [0.1, 0.15) is 0 Å². The minimum atomic E-state index is 0.246. The van der Waals surface area contributed by atoms with Crippen LogP contribution in [0.15, 0.2) is 0 Å². The van der Waals surface area contributed by atoms with E-state index in [1.807, 2.05) is 0 Å².